The molecule has 2 aromatic rings. The molecule has 0 fully saturated rings. The van der Waals surface area contributed by atoms with E-state index in [2.05, 4.69) is 0 Å². The molecule has 4 nitrogen and oxygen atoms in total. The molecule has 0 heterocycles. The number of ether oxygens (including phenoxy) is 1. The number of methoxy groups -OCH3 is 1. The minimum Gasteiger partial charge on any atom is -0.507 e. The van der Waals surface area contributed by atoms with Crippen LogP contribution in [0.1, 0.15) is 31.8 Å². The number of phenols is 1. The molecular weight excluding hydrogens is 280 g/mol. The molecule has 0 spiro atoms. The second kappa shape index (κ2) is 6.72. The normalized spacial score (nSPS) is 10.6. The van der Waals surface area contributed by atoms with Gasteiger partial charge in [0, 0.05) is 5.56 Å². The lowest BCUT2D eigenvalue weighted by molar-refractivity contribution is 0.104. The number of rotatable bonds is 5. The fraction of sp³-hybridized carbons (Fsp3) is 0.111. The van der Waals surface area contributed by atoms with E-state index in [0.29, 0.717) is 28.7 Å². The van der Waals surface area contributed by atoms with Crippen molar-refractivity contribution >= 4 is 18.1 Å². The molecular formula is C18H16O4. The first-order chi connectivity index (χ1) is 10.5. The van der Waals surface area contributed by atoms with Crippen LogP contribution in [0.3, 0.4) is 0 Å². The van der Waals surface area contributed by atoms with Gasteiger partial charge in [-0.3, -0.25) is 9.59 Å². The standard InChI is InChI=1S/C18H16O4/c1-12-9-13(10-15(11-19)18(12)21)3-8-17(20)14-4-6-16(22-2)7-5-14/h3-11,21H,1-2H3/b8-3+. The van der Waals surface area contributed by atoms with Crippen LogP contribution in [0, 0.1) is 6.92 Å². The summed E-state index contributed by atoms with van der Waals surface area (Å²) >= 11 is 0. The first-order valence-corrected chi connectivity index (χ1v) is 6.70. The first kappa shape index (κ1) is 15.5. The van der Waals surface area contributed by atoms with Crippen LogP contribution in [-0.2, 0) is 0 Å². The Bertz CT molecular complexity index is 727. The second-order valence-electron chi connectivity index (χ2n) is 4.82. The molecule has 0 saturated carbocycles. The Balaban J connectivity index is 2.22. The highest BCUT2D eigenvalue weighted by molar-refractivity contribution is 6.07. The van der Waals surface area contributed by atoms with Gasteiger partial charge in [-0.1, -0.05) is 6.08 Å². The van der Waals surface area contributed by atoms with Gasteiger partial charge in [0.2, 0.25) is 0 Å². The van der Waals surface area contributed by atoms with E-state index < -0.39 is 0 Å². The largest absolute Gasteiger partial charge is 0.507 e. The van der Waals surface area contributed by atoms with Crippen LogP contribution in [0.25, 0.3) is 6.08 Å². The summed E-state index contributed by atoms with van der Waals surface area (Å²) in [5.41, 5.74) is 2.01. The number of carbonyl (C=O) groups excluding carboxylic acids is 2. The molecule has 0 atom stereocenters. The lowest BCUT2D eigenvalue weighted by Crippen LogP contribution is -1.94. The van der Waals surface area contributed by atoms with Crippen molar-refractivity contribution in [2.75, 3.05) is 7.11 Å². The third-order valence-electron chi connectivity index (χ3n) is 3.28. The Morgan fingerprint density at radius 1 is 1.18 bits per heavy atom. The summed E-state index contributed by atoms with van der Waals surface area (Å²) in [4.78, 5) is 23.0. The topological polar surface area (TPSA) is 63.6 Å². The molecule has 1 N–H and O–H groups in total. The average molecular weight is 296 g/mol. The molecule has 22 heavy (non-hydrogen) atoms. The van der Waals surface area contributed by atoms with Crippen LogP contribution in [0.15, 0.2) is 42.5 Å². The maximum Gasteiger partial charge on any atom is 0.185 e. The number of hydrogen-bond donors (Lipinski definition) is 1. The molecule has 0 bridgehead atoms. The SMILES string of the molecule is COc1ccc(C(=O)/C=C/c2cc(C)c(O)c(C=O)c2)cc1. The van der Waals surface area contributed by atoms with Crippen molar-refractivity contribution < 1.29 is 19.4 Å². The van der Waals surface area contributed by atoms with E-state index in [1.165, 1.54) is 12.1 Å². The number of aldehydes is 1. The van der Waals surface area contributed by atoms with Gasteiger partial charge in [0.25, 0.3) is 0 Å². The van der Waals surface area contributed by atoms with Crippen LogP contribution >= 0.6 is 0 Å². The minimum absolute atomic E-state index is 0.0337. The van der Waals surface area contributed by atoms with E-state index in [9.17, 15) is 14.7 Å². The van der Waals surface area contributed by atoms with Crippen LogP contribution in [0.5, 0.6) is 11.5 Å². The maximum atomic E-state index is 12.1. The number of hydrogen-bond acceptors (Lipinski definition) is 4. The number of allylic oxidation sites excluding steroid dienone is 1. The quantitative estimate of drug-likeness (QED) is 0.521. The Hall–Kier alpha value is -2.88. The van der Waals surface area contributed by atoms with Gasteiger partial charge in [0.1, 0.15) is 11.5 Å². The highest BCUT2D eigenvalue weighted by atomic mass is 16.5. The lowest BCUT2D eigenvalue weighted by Gasteiger charge is -2.04. The molecule has 0 radical (unpaired) electrons. The van der Waals surface area contributed by atoms with Crippen molar-refractivity contribution in [2.24, 2.45) is 0 Å². The summed E-state index contributed by atoms with van der Waals surface area (Å²) < 4.78 is 5.04. The molecule has 0 aliphatic rings. The van der Waals surface area contributed by atoms with Gasteiger partial charge >= 0.3 is 0 Å². The number of aryl methyl sites for hydroxylation is 1. The highest BCUT2D eigenvalue weighted by Crippen LogP contribution is 2.23. The maximum absolute atomic E-state index is 12.1. The van der Waals surface area contributed by atoms with Gasteiger partial charge < -0.3 is 9.84 Å². The van der Waals surface area contributed by atoms with Crippen LogP contribution < -0.4 is 4.74 Å². The third kappa shape index (κ3) is 3.41. The fourth-order valence-corrected chi connectivity index (χ4v) is 2.05. The summed E-state index contributed by atoms with van der Waals surface area (Å²) in [5.74, 6) is 0.500. The monoisotopic (exact) mass is 296 g/mol. The number of aromatic hydroxyl groups is 1. The van der Waals surface area contributed by atoms with E-state index in [1.54, 1.807) is 50.4 Å². The summed E-state index contributed by atoms with van der Waals surface area (Å²) in [6, 6.07) is 10.1. The molecule has 2 rings (SSSR count). The summed E-state index contributed by atoms with van der Waals surface area (Å²) in [5, 5.41) is 9.69. The van der Waals surface area contributed by atoms with Gasteiger partial charge in [-0.05, 0) is 60.5 Å². The molecule has 0 aromatic heterocycles. The molecule has 4 heteroatoms. The van der Waals surface area contributed by atoms with E-state index in [-0.39, 0.29) is 17.1 Å². The van der Waals surface area contributed by atoms with E-state index >= 15 is 0 Å². The molecule has 0 saturated heterocycles. The van der Waals surface area contributed by atoms with Gasteiger partial charge in [0.05, 0.1) is 12.7 Å². The van der Waals surface area contributed by atoms with Gasteiger partial charge in [-0.25, -0.2) is 0 Å². The second-order valence-corrected chi connectivity index (χ2v) is 4.82. The smallest absolute Gasteiger partial charge is 0.185 e. The van der Waals surface area contributed by atoms with Crippen LogP contribution in [-0.4, -0.2) is 24.3 Å². The van der Waals surface area contributed by atoms with Crippen molar-refractivity contribution in [2.45, 2.75) is 6.92 Å². The summed E-state index contributed by atoms with van der Waals surface area (Å²) in [6.45, 7) is 1.70. The van der Waals surface area contributed by atoms with Crippen molar-refractivity contribution in [3.05, 3.63) is 64.7 Å². The summed E-state index contributed by atoms with van der Waals surface area (Å²) in [6.07, 6.45) is 3.64. The van der Waals surface area contributed by atoms with Gasteiger partial charge in [-0.2, -0.15) is 0 Å². The van der Waals surface area contributed by atoms with Crippen LogP contribution in [0.4, 0.5) is 0 Å². The Morgan fingerprint density at radius 2 is 1.86 bits per heavy atom. The van der Waals surface area contributed by atoms with Gasteiger partial charge in [-0.15, -0.1) is 0 Å². The Labute approximate surface area is 128 Å². The van der Waals surface area contributed by atoms with Gasteiger partial charge in [0.15, 0.2) is 12.1 Å². The van der Waals surface area contributed by atoms with Crippen molar-refractivity contribution in [1.29, 1.82) is 0 Å². The Kier molecular flexibility index (Phi) is 4.73. The fourth-order valence-electron chi connectivity index (χ4n) is 2.05. The number of ketones is 1. The zero-order valence-corrected chi connectivity index (χ0v) is 12.4. The zero-order chi connectivity index (χ0) is 16.1. The van der Waals surface area contributed by atoms with Crippen molar-refractivity contribution in [3.8, 4) is 11.5 Å². The molecule has 0 unspecified atom stereocenters. The van der Waals surface area contributed by atoms with E-state index in [4.69, 9.17) is 4.74 Å². The molecule has 0 amide bonds. The molecule has 112 valence electrons. The average Bonchev–Trinajstić information content (AvgIpc) is 2.55. The third-order valence-corrected chi connectivity index (χ3v) is 3.28. The van der Waals surface area contributed by atoms with Crippen molar-refractivity contribution in [3.63, 3.8) is 0 Å². The number of phenolic OH excluding ortho intramolecular Hbond substituents is 1. The van der Waals surface area contributed by atoms with E-state index in [1.807, 2.05) is 0 Å². The predicted molar refractivity (Wildman–Crippen MR) is 84.6 cm³/mol. The molecule has 0 aliphatic heterocycles. The zero-order valence-electron chi connectivity index (χ0n) is 12.4. The number of benzene rings is 2. The Morgan fingerprint density at radius 3 is 2.45 bits per heavy atom. The predicted octanol–water partition coefficient (Wildman–Crippen LogP) is 3.42. The van der Waals surface area contributed by atoms with Crippen molar-refractivity contribution in [1.82, 2.24) is 0 Å². The minimum atomic E-state index is -0.152. The summed E-state index contributed by atoms with van der Waals surface area (Å²) in [7, 11) is 1.56. The van der Waals surface area contributed by atoms with E-state index in [0.717, 1.165) is 0 Å². The lowest BCUT2D eigenvalue weighted by atomic mass is 10.0. The number of carbonyl (C=O) groups is 2. The highest BCUT2D eigenvalue weighted by Gasteiger charge is 2.06. The first-order valence-electron chi connectivity index (χ1n) is 6.70. The van der Waals surface area contributed by atoms with Crippen LogP contribution in [0.2, 0.25) is 0 Å². The molecule has 2 aromatic carbocycles. The molecule has 0 aliphatic carbocycles.